The highest BCUT2D eigenvalue weighted by Crippen LogP contribution is 2.52. The lowest BCUT2D eigenvalue weighted by molar-refractivity contribution is 0.591. The molecule has 0 unspecified atom stereocenters. The van der Waals surface area contributed by atoms with Crippen LogP contribution in [-0.2, 0) is 5.41 Å². The first-order valence-corrected chi connectivity index (χ1v) is 44.9. The Kier molecular flexibility index (Phi) is 14.8. The van der Waals surface area contributed by atoms with Gasteiger partial charge in [-0.15, -0.1) is 0 Å². The largest absolute Gasteiger partial charge is 0.309 e. The van der Waals surface area contributed by atoms with E-state index in [1.165, 1.54) is 283 Å². The molecule has 0 aliphatic rings. The molecule has 0 amide bonds. The SMILES string of the molecule is CC(C)(C)c1cc2ccc3ccc(-c4ccc(-n5c6ccccc6c6ccccc65)cc4)c4ccc(c1)c2c34.c1cc2ccc3ccc(-c4cc(-c5ccc6ccc7cccc8ccc5c6c78)cc(-c5ccc6ccc7c(-c8ccc9ccc%10c(-c%11ccc(-n%12c%13ccccc%13c%13ccccc%13%12)cc%11)ccc%11ccc8c9c%11%10)ccc8ccc5c6c87)c4)c4ccc(c1)c2c34. The zero-order chi connectivity index (χ0) is 84.0. The monoisotopic (exact) mass is 1620 g/mol. The van der Waals surface area contributed by atoms with Crippen LogP contribution in [0.2, 0.25) is 0 Å². The topological polar surface area (TPSA) is 9.86 Å². The summed E-state index contributed by atoms with van der Waals surface area (Å²) in [6.45, 7) is 6.88. The van der Waals surface area contributed by atoms with E-state index < -0.39 is 0 Å². The van der Waals surface area contributed by atoms with Crippen molar-refractivity contribution in [3.05, 3.63) is 424 Å². The fourth-order valence-electron chi connectivity index (χ4n) is 23.1. The van der Waals surface area contributed by atoms with E-state index in [2.05, 4.69) is 448 Å². The fourth-order valence-corrected chi connectivity index (χ4v) is 23.1. The summed E-state index contributed by atoms with van der Waals surface area (Å²) in [5, 5.41) is 44.1. The highest BCUT2D eigenvalue weighted by molar-refractivity contribution is 6.34. The summed E-state index contributed by atoms with van der Waals surface area (Å²) in [6, 6.07) is 158. The van der Waals surface area contributed by atoms with Crippen LogP contribution in [0.1, 0.15) is 26.3 Å². The van der Waals surface area contributed by atoms with Gasteiger partial charge in [0.2, 0.25) is 0 Å². The molecule has 2 aromatic heterocycles. The Labute approximate surface area is 737 Å². The standard InChI is InChI=1S/C88H49N.C38H29N/c1-3-13-79-71(11-1)72-12-2-4-14-80(72)89(79)64-33-19-50(20-34-64)65-35-21-57-31-45-77-69(39-25-59-29-43-73(65)85(57)87(59)77)70-40-26-60-30-44-76-68(38-24-58-32-46-78(70)88(60)86(58)76)63-48-61(66-36-22-55-17-15-51-7-5-9-53-27-41-74(66)83(55)81(51)53)47-62(49-63)67-37-23-56-18-16-52-8-6-10-54-28-42-75(67)84(56)82(52)54;1-38(2,3)28-22-26-13-12-25-16-20-30(33-21-17-27(23-28)36(26)37(25)33)24-14-18-29(19-15-24)39-34-10-6-4-8-31(34)32-9-5-7-11-35(32)39/h1-49H;4-23H,1-3H3. The highest BCUT2D eigenvalue weighted by Gasteiger charge is 2.26. The Morgan fingerprint density at radius 2 is 0.359 bits per heavy atom. The number of hydrogen-bond acceptors (Lipinski definition) is 0. The number of nitrogens with zero attached hydrogens (tertiary/aromatic N) is 2. The van der Waals surface area contributed by atoms with E-state index in [1.54, 1.807) is 0 Å². The van der Waals surface area contributed by atoms with E-state index in [9.17, 15) is 0 Å². The molecule has 0 spiro atoms. The lowest BCUT2D eigenvalue weighted by atomic mass is 9.83. The average Bonchev–Trinajstić information content (AvgIpc) is 1.69. The Bertz CT molecular complexity index is 9410. The molecule has 592 valence electrons. The molecule has 2 nitrogen and oxygen atoms in total. The Hall–Kier alpha value is -16.3. The first-order valence-electron chi connectivity index (χ1n) is 44.9. The second-order valence-corrected chi connectivity index (χ2v) is 36.8. The summed E-state index contributed by atoms with van der Waals surface area (Å²) >= 11 is 0. The molecule has 128 heavy (non-hydrogen) atoms. The van der Waals surface area contributed by atoms with E-state index in [-0.39, 0.29) is 5.41 Å². The van der Waals surface area contributed by atoms with Crippen LogP contribution in [0.4, 0.5) is 0 Å². The molecule has 29 rings (SSSR count). The van der Waals surface area contributed by atoms with E-state index in [0.717, 1.165) is 5.69 Å². The molecule has 0 saturated carbocycles. The average molecular weight is 1620 g/mol. The zero-order valence-electron chi connectivity index (χ0n) is 70.7. The quantitative estimate of drug-likeness (QED) is 0.134. The van der Waals surface area contributed by atoms with Crippen LogP contribution in [0.3, 0.4) is 0 Å². The van der Waals surface area contributed by atoms with Gasteiger partial charge >= 0.3 is 0 Å². The summed E-state index contributed by atoms with van der Waals surface area (Å²) < 4.78 is 4.78. The zero-order valence-corrected chi connectivity index (χ0v) is 70.7. The van der Waals surface area contributed by atoms with Crippen LogP contribution in [0.25, 0.3) is 283 Å². The maximum Gasteiger partial charge on any atom is 0.0541 e. The molecule has 0 radical (unpaired) electrons. The van der Waals surface area contributed by atoms with Gasteiger partial charge in [0.1, 0.15) is 0 Å². The van der Waals surface area contributed by atoms with E-state index in [4.69, 9.17) is 0 Å². The second kappa shape index (κ2) is 26.6. The molecule has 2 heteroatoms. The van der Waals surface area contributed by atoms with Crippen molar-refractivity contribution in [2.45, 2.75) is 26.2 Å². The third-order valence-electron chi connectivity index (χ3n) is 29.0. The molecule has 0 aliphatic carbocycles. The Morgan fingerprint density at radius 3 is 0.648 bits per heavy atom. The molecule has 0 atom stereocenters. The predicted molar refractivity (Wildman–Crippen MR) is 551 cm³/mol. The smallest absolute Gasteiger partial charge is 0.0541 e. The van der Waals surface area contributed by atoms with Crippen LogP contribution in [0.5, 0.6) is 0 Å². The molecular weight excluding hydrogens is 1540 g/mol. The maximum atomic E-state index is 2.47. The maximum absolute atomic E-state index is 2.47. The molecule has 29 aromatic rings. The number of benzene rings is 27. The van der Waals surface area contributed by atoms with Crippen molar-refractivity contribution < 1.29 is 0 Å². The van der Waals surface area contributed by atoms with E-state index in [0.29, 0.717) is 0 Å². The second-order valence-electron chi connectivity index (χ2n) is 36.8. The number of aromatic nitrogens is 2. The predicted octanol–water partition coefficient (Wildman–Crippen LogP) is 35.4. The van der Waals surface area contributed by atoms with Gasteiger partial charge in [-0.1, -0.05) is 373 Å². The summed E-state index contributed by atoms with van der Waals surface area (Å²) in [4.78, 5) is 0. The molecule has 0 N–H and O–H groups in total. The number of hydrogen-bond donors (Lipinski definition) is 0. The van der Waals surface area contributed by atoms with Gasteiger partial charge in [-0.05, 0) is 306 Å². The summed E-state index contributed by atoms with van der Waals surface area (Å²) in [5.74, 6) is 0. The normalized spacial score (nSPS) is 12.5. The molecule has 0 aliphatic heterocycles. The van der Waals surface area contributed by atoms with Crippen molar-refractivity contribution in [1.29, 1.82) is 0 Å². The van der Waals surface area contributed by atoms with Crippen LogP contribution in [0, 0.1) is 0 Å². The van der Waals surface area contributed by atoms with Crippen LogP contribution < -0.4 is 0 Å². The van der Waals surface area contributed by atoms with Gasteiger partial charge in [0, 0.05) is 32.9 Å². The van der Waals surface area contributed by atoms with Gasteiger partial charge in [0.25, 0.3) is 0 Å². The minimum Gasteiger partial charge on any atom is -0.309 e. The number of rotatable bonds is 8. The Balaban J connectivity index is 0.000000177. The summed E-state index contributed by atoms with van der Waals surface area (Å²) in [6.07, 6.45) is 0. The first-order chi connectivity index (χ1) is 63.1. The summed E-state index contributed by atoms with van der Waals surface area (Å²) in [5.41, 5.74) is 23.6. The van der Waals surface area contributed by atoms with Crippen molar-refractivity contribution >= 4 is 205 Å². The first kappa shape index (κ1) is 71.2. The number of para-hydroxylation sites is 4. The van der Waals surface area contributed by atoms with Crippen molar-refractivity contribution in [3.63, 3.8) is 0 Å². The third kappa shape index (κ3) is 10.3. The Morgan fingerprint density at radius 1 is 0.148 bits per heavy atom. The fraction of sp³-hybridized carbons (Fsp3) is 0.0317. The molecule has 2 heterocycles. The van der Waals surface area contributed by atoms with Crippen molar-refractivity contribution in [2.75, 3.05) is 0 Å². The lowest BCUT2D eigenvalue weighted by Gasteiger charge is -2.22. The van der Waals surface area contributed by atoms with Gasteiger partial charge in [-0.2, -0.15) is 0 Å². The highest BCUT2D eigenvalue weighted by atomic mass is 15.0. The van der Waals surface area contributed by atoms with Crippen LogP contribution >= 0.6 is 0 Å². The van der Waals surface area contributed by atoms with Gasteiger partial charge < -0.3 is 9.13 Å². The lowest BCUT2D eigenvalue weighted by Crippen LogP contribution is -2.10. The van der Waals surface area contributed by atoms with Crippen molar-refractivity contribution in [3.8, 4) is 78.1 Å². The van der Waals surface area contributed by atoms with Gasteiger partial charge in [-0.3, -0.25) is 0 Å². The molecule has 0 bridgehead atoms. The van der Waals surface area contributed by atoms with Crippen molar-refractivity contribution in [2.24, 2.45) is 0 Å². The van der Waals surface area contributed by atoms with Crippen LogP contribution in [-0.4, -0.2) is 9.13 Å². The van der Waals surface area contributed by atoms with Crippen LogP contribution in [0.15, 0.2) is 419 Å². The van der Waals surface area contributed by atoms with Gasteiger partial charge in [-0.25, -0.2) is 0 Å². The molecule has 27 aromatic carbocycles. The van der Waals surface area contributed by atoms with E-state index >= 15 is 0 Å². The van der Waals surface area contributed by atoms with Crippen molar-refractivity contribution in [1.82, 2.24) is 9.13 Å². The van der Waals surface area contributed by atoms with Gasteiger partial charge in [0.05, 0.1) is 22.1 Å². The molecule has 0 fully saturated rings. The summed E-state index contributed by atoms with van der Waals surface area (Å²) in [7, 11) is 0. The molecule has 0 saturated heterocycles. The van der Waals surface area contributed by atoms with Gasteiger partial charge in [0.15, 0.2) is 0 Å². The van der Waals surface area contributed by atoms with E-state index in [1.807, 2.05) is 0 Å². The molecular formula is C126H78N2. The minimum absolute atomic E-state index is 0.119. The number of fused-ring (bicyclic) bond motifs is 6. The minimum atomic E-state index is 0.119. The third-order valence-corrected chi connectivity index (χ3v) is 29.0.